The molecule has 3 rings (SSSR count). The molecule has 1 N–H and O–H groups in total. The summed E-state index contributed by atoms with van der Waals surface area (Å²) in [5.41, 5.74) is 2.11. The number of aryl methyl sites for hydroxylation is 2. The van der Waals surface area contributed by atoms with E-state index < -0.39 is 0 Å². The molecular formula is C16H13ClN2O2S. The molecule has 1 aromatic carbocycles. The lowest BCUT2D eigenvalue weighted by atomic mass is 10.2. The van der Waals surface area contributed by atoms with Crippen LogP contribution < -0.4 is 5.32 Å². The van der Waals surface area contributed by atoms with E-state index in [1.807, 2.05) is 36.6 Å². The maximum Gasteiger partial charge on any atom is 0.260 e. The van der Waals surface area contributed by atoms with Crippen LogP contribution in [0.1, 0.15) is 21.9 Å². The Hall–Kier alpha value is -2.11. The summed E-state index contributed by atoms with van der Waals surface area (Å²) in [6.07, 6.45) is 0. The zero-order valence-electron chi connectivity index (χ0n) is 12.0. The zero-order valence-corrected chi connectivity index (χ0v) is 13.6. The Labute approximate surface area is 136 Å². The van der Waals surface area contributed by atoms with E-state index >= 15 is 0 Å². The van der Waals surface area contributed by atoms with E-state index in [9.17, 15) is 4.79 Å². The summed E-state index contributed by atoms with van der Waals surface area (Å²) in [5, 5.41) is 5.81. The molecule has 1 amide bonds. The number of carbonyl (C=O) groups is 1. The highest BCUT2D eigenvalue weighted by Crippen LogP contribution is 2.30. The van der Waals surface area contributed by atoms with Gasteiger partial charge in [-0.25, -0.2) is 4.98 Å². The van der Waals surface area contributed by atoms with Crippen LogP contribution in [0, 0.1) is 13.8 Å². The van der Waals surface area contributed by atoms with Gasteiger partial charge in [-0.1, -0.05) is 29.8 Å². The predicted molar refractivity (Wildman–Crippen MR) is 88.7 cm³/mol. The van der Waals surface area contributed by atoms with Gasteiger partial charge in [0.25, 0.3) is 5.91 Å². The second kappa shape index (κ2) is 5.94. The Morgan fingerprint density at radius 2 is 2.09 bits per heavy atom. The number of hydrogen-bond acceptors (Lipinski definition) is 4. The van der Waals surface area contributed by atoms with Crippen molar-refractivity contribution in [2.75, 3.05) is 5.32 Å². The number of carbonyl (C=O) groups excluding carboxylic acids is 1. The first kappa shape index (κ1) is 14.8. The fourth-order valence-electron chi connectivity index (χ4n) is 2.14. The Morgan fingerprint density at radius 3 is 2.77 bits per heavy atom. The Bertz CT molecular complexity index is 838. The first-order valence-corrected chi connectivity index (χ1v) is 7.89. The number of nitrogens with zero attached hydrogens (tertiary/aromatic N) is 1. The van der Waals surface area contributed by atoms with E-state index in [0.29, 0.717) is 27.2 Å². The van der Waals surface area contributed by atoms with Crippen molar-refractivity contribution in [3.05, 3.63) is 57.8 Å². The van der Waals surface area contributed by atoms with Crippen molar-refractivity contribution in [2.24, 2.45) is 0 Å². The third kappa shape index (κ3) is 2.91. The maximum absolute atomic E-state index is 12.2. The van der Waals surface area contributed by atoms with Crippen LogP contribution in [0.15, 0.2) is 40.1 Å². The largest absolute Gasteiger partial charge is 0.466 e. The Kier molecular flexibility index (Phi) is 4.00. The monoisotopic (exact) mass is 332 g/mol. The van der Waals surface area contributed by atoms with Gasteiger partial charge in [-0.05, 0) is 26.0 Å². The van der Waals surface area contributed by atoms with Crippen LogP contribution in [0.2, 0.25) is 5.02 Å². The number of hydrogen-bond donors (Lipinski definition) is 1. The lowest BCUT2D eigenvalue weighted by Crippen LogP contribution is -2.11. The minimum Gasteiger partial charge on any atom is -0.466 e. The molecule has 0 spiro atoms. The quantitative estimate of drug-likeness (QED) is 0.740. The molecule has 0 atom stereocenters. The first-order chi connectivity index (χ1) is 10.5. The Balaban J connectivity index is 1.82. The van der Waals surface area contributed by atoms with Gasteiger partial charge in [-0.15, -0.1) is 11.3 Å². The van der Waals surface area contributed by atoms with Crippen LogP contribution in [0.4, 0.5) is 5.13 Å². The molecule has 0 radical (unpaired) electrons. The van der Waals surface area contributed by atoms with Gasteiger partial charge in [0.1, 0.15) is 11.5 Å². The van der Waals surface area contributed by atoms with Crippen molar-refractivity contribution in [3.63, 3.8) is 0 Å². The molecule has 3 aromatic rings. The summed E-state index contributed by atoms with van der Waals surface area (Å²) in [5.74, 6) is 1.07. The fraction of sp³-hybridized carbons (Fsp3) is 0.125. The van der Waals surface area contributed by atoms with Gasteiger partial charge in [-0.2, -0.15) is 0 Å². The van der Waals surface area contributed by atoms with Crippen LogP contribution in [0.25, 0.3) is 11.3 Å². The number of furan rings is 1. The Morgan fingerprint density at radius 1 is 1.32 bits per heavy atom. The number of halogens is 1. The predicted octanol–water partition coefficient (Wildman–Crippen LogP) is 4.93. The van der Waals surface area contributed by atoms with E-state index in [2.05, 4.69) is 10.3 Å². The lowest BCUT2D eigenvalue weighted by molar-refractivity contribution is 0.102. The van der Waals surface area contributed by atoms with Gasteiger partial charge in [0.15, 0.2) is 5.13 Å². The van der Waals surface area contributed by atoms with Crippen LogP contribution in [-0.2, 0) is 0 Å². The molecule has 0 aliphatic heterocycles. The second-order valence-electron chi connectivity index (χ2n) is 4.80. The number of thiazole rings is 1. The van der Waals surface area contributed by atoms with Crippen LogP contribution in [0.5, 0.6) is 0 Å². The summed E-state index contributed by atoms with van der Waals surface area (Å²) in [4.78, 5) is 16.6. The molecule has 6 heteroatoms. The van der Waals surface area contributed by atoms with Crippen molar-refractivity contribution in [2.45, 2.75) is 13.8 Å². The minimum absolute atomic E-state index is 0.227. The van der Waals surface area contributed by atoms with Gasteiger partial charge in [0, 0.05) is 16.0 Å². The number of aromatic nitrogens is 1. The SMILES string of the molecule is Cc1cc(C(=O)Nc2nc(-c3ccccc3Cl)cs2)c(C)o1. The third-order valence-electron chi connectivity index (χ3n) is 3.16. The molecule has 0 fully saturated rings. The first-order valence-electron chi connectivity index (χ1n) is 6.63. The minimum atomic E-state index is -0.227. The molecule has 0 saturated heterocycles. The summed E-state index contributed by atoms with van der Waals surface area (Å²) in [7, 11) is 0. The van der Waals surface area contributed by atoms with Crippen molar-refractivity contribution >= 4 is 34.0 Å². The van der Waals surface area contributed by atoms with Crippen molar-refractivity contribution in [1.29, 1.82) is 0 Å². The van der Waals surface area contributed by atoms with E-state index in [0.717, 1.165) is 11.3 Å². The van der Waals surface area contributed by atoms with Gasteiger partial charge < -0.3 is 4.42 Å². The molecule has 22 heavy (non-hydrogen) atoms. The van der Waals surface area contributed by atoms with Crippen LogP contribution >= 0.6 is 22.9 Å². The van der Waals surface area contributed by atoms with Crippen LogP contribution in [0.3, 0.4) is 0 Å². The molecule has 0 bridgehead atoms. The summed E-state index contributed by atoms with van der Waals surface area (Å²) < 4.78 is 5.37. The highest BCUT2D eigenvalue weighted by atomic mass is 35.5. The van der Waals surface area contributed by atoms with E-state index in [-0.39, 0.29) is 5.91 Å². The number of rotatable bonds is 3. The number of anilines is 1. The van der Waals surface area contributed by atoms with Crippen molar-refractivity contribution < 1.29 is 9.21 Å². The molecule has 0 unspecified atom stereocenters. The molecule has 0 aliphatic rings. The fourth-order valence-corrected chi connectivity index (χ4v) is 3.08. The molecule has 112 valence electrons. The van der Waals surface area contributed by atoms with Gasteiger partial charge >= 0.3 is 0 Å². The smallest absolute Gasteiger partial charge is 0.260 e. The van der Waals surface area contributed by atoms with E-state index in [1.54, 1.807) is 13.0 Å². The molecule has 0 saturated carbocycles. The van der Waals surface area contributed by atoms with Gasteiger partial charge in [0.05, 0.1) is 11.3 Å². The number of amides is 1. The third-order valence-corrected chi connectivity index (χ3v) is 4.25. The molecule has 0 aliphatic carbocycles. The standard InChI is InChI=1S/C16H13ClN2O2S/c1-9-7-12(10(2)21-9)15(20)19-16-18-14(8-22-16)11-5-3-4-6-13(11)17/h3-8H,1-2H3,(H,18,19,20). The normalized spacial score (nSPS) is 10.7. The van der Waals surface area contributed by atoms with Crippen molar-refractivity contribution in [3.8, 4) is 11.3 Å². The van der Waals surface area contributed by atoms with Gasteiger partial charge in [0.2, 0.25) is 0 Å². The molecule has 2 heterocycles. The number of benzene rings is 1. The van der Waals surface area contributed by atoms with Gasteiger partial charge in [-0.3, -0.25) is 10.1 Å². The molecular weight excluding hydrogens is 320 g/mol. The van der Waals surface area contributed by atoms with E-state index in [1.165, 1.54) is 11.3 Å². The second-order valence-corrected chi connectivity index (χ2v) is 6.06. The lowest BCUT2D eigenvalue weighted by Gasteiger charge is -2.00. The zero-order chi connectivity index (χ0) is 15.7. The summed E-state index contributed by atoms with van der Waals surface area (Å²) in [6, 6.07) is 9.19. The average molecular weight is 333 g/mol. The summed E-state index contributed by atoms with van der Waals surface area (Å²) in [6.45, 7) is 3.57. The average Bonchev–Trinajstić information content (AvgIpc) is 3.06. The van der Waals surface area contributed by atoms with E-state index in [4.69, 9.17) is 16.0 Å². The topological polar surface area (TPSA) is 55.1 Å². The number of nitrogens with one attached hydrogen (secondary N) is 1. The van der Waals surface area contributed by atoms with Crippen molar-refractivity contribution in [1.82, 2.24) is 4.98 Å². The maximum atomic E-state index is 12.2. The highest BCUT2D eigenvalue weighted by Gasteiger charge is 2.15. The molecule has 4 nitrogen and oxygen atoms in total. The highest BCUT2D eigenvalue weighted by molar-refractivity contribution is 7.14. The summed E-state index contributed by atoms with van der Waals surface area (Å²) >= 11 is 7.51. The molecule has 2 aromatic heterocycles. The van der Waals surface area contributed by atoms with Crippen LogP contribution in [-0.4, -0.2) is 10.9 Å².